The molecule has 11 heteroatoms. The number of carbonyl (C=O) groups is 3. The van der Waals surface area contributed by atoms with E-state index in [1.165, 1.54) is 25.1 Å². The number of nitrogens with zero attached hydrogens (tertiary/aromatic N) is 2. The summed E-state index contributed by atoms with van der Waals surface area (Å²) in [5.74, 6) is -7.37. The predicted octanol–water partition coefficient (Wildman–Crippen LogP) is 1.65. The fraction of sp³-hybridized carbons (Fsp3) is 0.552. The second-order valence-corrected chi connectivity index (χ2v) is 12.2. The Bertz CT molecular complexity index is 1410. The summed E-state index contributed by atoms with van der Waals surface area (Å²) in [4.78, 5) is 42.9. The van der Waals surface area contributed by atoms with Gasteiger partial charge in [0.2, 0.25) is 5.78 Å². The molecule has 3 fully saturated rings. The monoisotopic (exact) mass is 555 g/mol. The molecule has 1 saturated heterocycles. The Hall–Kier alpha value is -3.28. The number of benzene rings is 1. The van der Waals surface area contributed by atoms with Crippen molar-refractivity contribution >= 4 is 23.2 Å². The van der Waals surface area contributed by atoms with E-state index in [1.807, 2.05) is 0 Å². The van der Waals surface area contributed by atoms with Crippen LogP contribution in [0.3, 0.4) is 0 Å². The molecule has 5 aliphatic rings. The summed E-state index contributed by atoms with van der Waals surface area (Å²) in [7, 11) is 3.07. The number of likely N-dealkylation sites (tertiary alicyclic amines) is 1. The van der Waals surface area contributed by atoms with E-state index in [0.717, 1.165) is 38.8 Å². The van der Waals surface area contributed by atoms with Crippen molar-refractivity contribution in [3.05, 3.63) is 45.5 Å². The van der Waals surface area contributed by atoms with Crippen LogP contribution in [0.2, 0.25) is 0 Å². The summed E-state index contributed by atoms with van der Waals surface area (Å²) in [5.41, 5.74) is 1.69. The maximum Gasteiger partial charge on any atom is 0.255 e. The number of phenols is 1. The maximum atomic E-state index is 16.3. The number of likely N-dealkylation sites (N-methyl/N-ethyl adjacent to an activating group) is 1. The number of halogens is 1. The van der Waals surface area contributed by atoms with E-state index in [0.29, 0.717) is 11.5 Å². The highest BCUT2D eigenvalue weighted by atomic mass is 19.1. The molecule has 2 saturated carbocycles. The first-order valence-electron chi connectivity index (χ1n) is 13.8. The lowest BCUT2D eigenvalue weighted by Gasteiger charge is -2.50. The molecule has 1 heterocycles. The summed E-state index contributed by atoms with van der Waals surface area (Å²) < 4.78 is 16.3. The number of aromatic hydroxyl groups is 1. The standard InChI is InChI=1S/C29H34FN3O7/c1-32(2)23-16-9-13-8-15-20(18(34)10-14(22(15)30)17-4-3-7-33(17)11-12-5-6-12)24(35)19(13)26(37)29(16,40)27(38)21(25(23)36)28(31)39/h10,12-13,16-17,23,34-35,38,40H,3-9,11H2,1-2H3,(H2,31,39)/t13-,16-,17?,23-,29-/m0/s1. The van der Waals surface area contributed by atoms with E-state index in [-0.39, 0.29) is 41.3 Å². The minimum absolute atomic E-state index is 0.0584. The zero-order valence-corrected chi connectivity index (χ0v) is 22.5. The molecule has 4 aliphatic carbocycles. The molecule has 6 N–H and O–H groups in total. The van der Waals surface area contributed by atoms with Gasteiger partial charge in [0.05, 0.1) is 11.6 Å². The van der Waals surface area contributed by atoms with Gasteiger partial charge in [-0.1, -0.05) is 0 Å². The molecule has 0 radical (unpaired) electrons. The van der Waals surface area contributed by atoms with E-state index >= 15 is 4.39 Å². The molecule has 0 aromatic heterocycles. The fourth-order valence-corrected chi connectivity index (χ4v) is 7.58. The Kier molecular flexibility index (Phi) is 6.14. The molecule has 5 atom stereocenters. The van der Waals surface area contributed by atoms with Crippen LogP contribution >= 0.6 is 0 Å². The lowest BCUT2D eigenvalue weighted by atomic mass is 9.57. The van der Waals surface area contributed by atoms with Gasteiger partial charge in [-0.15, -0.1) is 0 Å². The van der Waals surface area contributed by atoms with E-state index in [9.17, 15) is 34.8 Å². The van der Waals surface area contributed by atoms with Crippen LogP contribution in [0.15, 0.2) is 23.0 Å². The number of hydrogen-bond acceptors (Lipinski definition) is 9. The smallest absolute Gasteiger partial charge is 0.255 e. The minimum Gasteiger partial charge on any atom is -0.508 e. The Balaban J connectivity index is 1.47. The SMILES string of the molecule is CN(C)[C@@H]1C(=O)C(C(N)=O)=C(O)[C@@]2(O)C(=O)C3=C(O)c4c(O)cc(C5CCCN5CC5CC5)c(F)c4C[C@H]3C[C@@H]12. The van der Waals surface area contributed by atoms with Crippen LogP contribution in [0.25, 0.3) is 5.76 Å². The number of Topliss-reactive ketones (excluding diaryl/α,β-unsaturated/α-hetero) is 2. The summed E-state index contributed by atoms with van der Waals surface area (Å²) in [6.07, 6.45) is 3.84. The van der Waals surface area contributed by atoms with E-state index < -0.39 is 63.9 Å². The van der Waals surface area contributed by atoms with Gasteiger partial charge in [-0.25, -0.2) is 4.39 Å². The molecule has 40 heavy (non-hydrogen) atoms. The number of fused-ring (bicyclic) bond motifs is 3. The predicted molar refractivity (Wildman–Crippen MR) is 140 cm³/mol. The Morgan fingerprint density at radius 3 is 2.52 bits per heavy atom. The van der Waals surface area contributed by atoms with E-state index in [2.05, 4.69) is 4.90 Å². The highest BCUT2D eigenvalue weighted by Crippen LogP contribution is 2.53. The number of aliphatic hydroxyl groups is 3. The minimum atomic E-state index is -2.72. The van der Waals surface area contributed by atoms with Crippen molar-refractivity contribution in [2.24, 2.45) is 23.5 Å². The third-order valence-electron chi connectivity index (χ3n) is 9.59. The molecule has 1 aromatic rings. The van der Waals surface area contributed by atoms with E-state index in [4.69, 9.17) is 5.73 Å². The van der Waals surface area contributed by atoms with Crippen molar-refractivity contribution in [3.8, 4) is 5.75 Å². The highest BCUT2D eigenvalue weighted by molar-refractivity contribution is 6.24. The largest absolute Gasteiger partial charge is 0.508 e. The zero-order valence-electron chi connectivity index (χ0n) is 22.5. The molecular formula is C29H34FN3O7. The van der Waals surface area contributed by atoms with Crippen molar-refractivity contribution in [3.63, 3.8) is 0 Å². The van der Waals surface area contributed by atoms with Crippen molar-refractivity contribution in [2.75, 3.05) is 27.2 Å². The van der Waals surface area contributed by atoms with Gasteiger partial charge >= 0.3 is 0 Å². The van der Waals surface area contributed by atoms with Gasteiger partial charge in [0.15, 0.2) is 11.4 Å². The second-order valence-electron chi connectivity index (χ2n) is 12.2. The number of ketones is 2. The van der Waals surface area contributed by atoms with Gasteiger partial charge in [0.25, 0.3) is 5.91 Å². The number of primary amides is 1. The quantitative estimate of drug-likeness (QED) is 0.340. The van der Waals surface area contributed by atoms with Crippen LogP contribution in [0.1, 0.15) is 54.8 Å². The molecule has 1 aromatic carbocycles. The maximum absolute atomic E-state index is 16.3. The molecule has 10 nitrogen and oxygen atoms in total. The number of hydrogen-bond donors (Lipinski definition) is 5. The lowest BCUT2D eigenvalue weighted by molar-refractivity contribution is -0.153. The number of nitrogens with two attached hydrogens (primary N) is 1. The Morgan fingerprint density at radius 2 is 1.90 bits per heavy atom. The lowest BCUT2D eigenvalue weighted by Crippen LogP contribution is -2.65. The molecule has 1 unspecified atom stereocenters. The normalized spacial score (nSPS) is 32.4. The van der Waals surface area contributed by atoms with Gasteiger partial charge in [0.1, 0.15) is 28.7 Å². The zero-order chi connectivity index (χ0) is 28.8. The van der Waals surface area contributed by atoms with Crippen molar-refractivity contribution < 1.29 is 39.2 Å². The van der Waals surface area contributed by atoms with Gasteiger partial charge in [-0.3, -0.25) is 24.2 Å². The van der Waals surface area contributed by atoms with Crippen LogP contribution in [0.4, 0.5) is 4.39 Å². The average molecular weight is 556 g/mol. The average Bonchev–Trinajstić information content (AvgIpc) is 3.58. The second kappa shape index (κ2) is 9.12. The number of amides is 1. The van der Waals surface area contributed by atoms with Crippen LogP contribution < -0.4 is 5.73 Å². The molecule has 1 aliphatic heterocycles. The van der Waals surface area contributed by atoms with Crippen molar-refractivity contribution in [2.45, 2.75) is 56.2 Å². The number of phenolic OH excluding ortho intramolecular Hbond substituents is 1. The van der Waals surface area contributed by atoms with Gasteiger partial charge in [0, 0.05) is 35.2 Å². The van der Waals surface area contributed by atoms with Crippen molar-refractivity contribution in [1.29, 1.82) is 0 Å². The first kappa shape index (κ1) is 26.9. The molecular weight excluding hydrogens is 521 g/mol. The first-order chi connectivity index (χ1) is 18.9. The van der Waals surface area contributed by atoms with Gasteiger partial charge < -0.3 is 26.2 Å². The fourth-order valence-electron chi connectivity index (χ4n) is 7.58. The van der Waals surface area contributed by atoms with Gasteiger partial charge in [-0.2, -0.15) is 0 Å². The number of carbonyl (C=O) groups excluding carboxylic acids is 3. The van der Waals surface area contributed by atoms with Crippen LogP contribution in [0.5, 0.6) is 5.75 Å². The molecule has 1 amide bonds. The number of aliphatic hydroxyl groups excluding tert-OH is 2. The van der Waals surface area contributed by atoms with Crippen LogP contribution in [0, 0.1) is 23.6 Å². The van der Waals surface area contributed by atoms with Crippen LogP contribution in [-0.2, 0) is 20.8 Å². The van der Waals surface area contributed by atoms with E-state index in [1.54, 1.807) is 0 Å². The third kappa shape index (κ3) is 3.67. The summed E-state index contributed by atoms with van der Waals surface area (Å²) >= 11 is 0. The molecule has 0 spiro atoms. The highest BCUT2D eigenvalue weighted by Gasteiger charge is 2.64. The third-order valence-corrected chi connectivity index (χ3v) is 9.59. The summed E-state index contributed by atoms with van der Waals surface area (Å²) in [6, 6.07) is -0.0714. The number of rotatable bonds is 5. The summed E-state index contributed by atoms with van der Waals surface area (Å²) in [5, 5.41) is 44.9. The topological polar surface area (TPSA) is 165 Å². The Labute approximate surface area is 230 Å². The molecule has 214 valence electrons. The van der Waals surface area contributed by atoms with Crippen LogP contribution in [-0.4, -0.2) is 86.5 Å². The first-order valence-corrected chi connectivity index (χ1v) is 13.8. The molecule has 6 rings (SSSR count). The summed E-state index contributed by atoms with van der Waals surface area (Å²) in [6.45, 7) is 1.72. The van der Waals surface area contributed by atoms with Crippen molar-refractivity contribution in [1.82, 2.24) is 9.80 Å². The molecule has 0 bridgehead atoms. The Morgan fingerprint density at radius 1 is 1.20 bits per heavy atom. The van der Waals surface area contributed by atoms with Gasteiger partial charge in [-0.05, 0) is 77.1 Å².